The molecule has 3 aromatic carbocycles. The number of alkyl halides is 1. The second kappa shape index (κ2) is 6.00. The Kier molecular flexibility index (Phi) is 4.26. The van der Waals surface area contributed by atoms with E-state index in [-0.39, 0.29) is 5.38 Å². The van der Waals surface area contributed by atoms with Crippen molar-refractivity contribution in [2.24, 2.45) is 0 Å². The number of rotatable bonds is 2. The highest BCUT2D eigenvalue weighted by atomic mass is 79.9. The predicted octanol–water partition coefficient (Wildman–Crippen LogP) is 6.89. The fraction of sp³-hybridized carbons (Fsp3) is 0.111. The molecule has 0 aliphatic carbocycles. The highest BCUT2D eigenvalue weighted by Crippen LogP contribution is 2.40. The van der Waals surface area contributed by atoms with Gasteiger partial charge in [0.15, 0.2) is 0 Å². The summed E-state index contributed by atoms with van der Waals surface area (Å²) in [5.41, 5.74) is 3.25. The molecule has 3 heteroatoms. The average Bonchev–Trinajstić information content (AvgIpc) is 2.50. The van der Waals surface area contributed by atoms with E-state index in [2.05, 4.69) is 53.2 Å². The first-order valence-electron chi connectivity index (χ1n) is 6.66. The molecule has 0 heterocycles. The van der Waals surface area contributed by atoms with Crippen molar-refractivity contribution in [1.82, 2.24) is 0 Å². The average molecular weight is 380 g/mol. The molecule has 0 N–H and O–H groups in total. The molecule has 0 aliphatic heterocycles. The molecule has 0 amide bonds. The van der Waals surface area contributed by atoms with Crippen LogP contribution in [0.3, 0.4) is 0 Å². The van der Waals surface area contributed by atoms with Gasteiger partial charge in [-0.15, -0.1) is 11.6 Å². The predicted molar refractivity (Wildman–Crippen MR) is 95.5 cm³/mol. The van der Waals surface area contributed by atoms with Crippen LogP contribution in [0.2, 0.25) is 5.02 Å². The van der Waals surface area contributed by atoms with Crippen molar-refractivity contribution in [2.75, 3.05) is 0 Å². The van der Waals surface area contributed by atoms with E-state index in [1.807, 2.05) is 24.3 Å². The third-order valence-corrected chi connectivity index (χ3v) is 5.48. The fourth-order valence-electron chi connectivity index (χ4n) is 2.58. The second-order valence-electron chi connectivity index (χ2n) is 5.02. The minimum absolute atomic E-state index is 0.277. The van der Waals surface area contributed by atoms with Gasteiger partial charge in [0.1, 0.15) is 0 Å². The van der Waals surface area contributed by atoms with Gasteiger partial charge < -0.3 is 0 Å². The standard InChI is InChI=1S/C18H13BrCl2/c1-11-9-10-14(13-6-3-2-5-12(11)13)17(20)15-7-4-8-16(19)18(15)21/h2-10,17H,1H3. The molecule has 1 unspecified atom stereocenters. The largest absolute Gasteiger partial charge is 0.113 e. The number of aryl methyl sites for hydroxylation is 1. The molecule has 1 atom stereocenters. The highest BCUT2D eigenvalue weighted by molar-refractivity contribution is 9.10. The molecule has 0 spiro atoms. The summed E-state index contributed by atoms with van der Waals surface area (Å²) in [5, 5.41) is 2.79. The number of fused-ring (bicyclic) bond motifs is 1. The van der Waals surface area contributed by atoms with Crippen molar-refractivity contribution in [1.29, 1.82) is 0 Å². The summed E-state index contributed by atoms with van der Waals surface area (Å²) in [6.07, 6.45) is 0. The minimum atomic E-state index is -0.277. The maximum absolute atomic E-state index is 6.73. The maximum atomic E-state index is 6.73. The molecule has 3 aromatic rings. The monoisotopic (exact) mass is 378 g/mol. The van der Waals surface area contributed by atoms with Crippen LogP contribution in [0.4, 0.5) is 0 Å². The van der Waals surface area contributed by atoms with E-state index in [4.69, 9.17) is 23.2 Å². The normalized spacial score (nSPS) is 12.6. The maximum Gasteiger partial charge on any atom is 0.0856 e. The van der Waals surface area contributed by atoms with E-state index in [1.165, 1.54) is 16.3 Å². The molecule has 0 fully saturated rings. The Hall–Kier alpha value is -1.02. The van der Waals surface area contributed by atoms with Crippen molar-refractivity contribution >= 4 is 49.9 Å². The lowest BCUT2D eigenvalue weighted by molar-refractivity contribution is 1.15. The van der Waals surface area contributed by atoms with Crippen LogP contribution >= 0.6 is 39.1 Å². The van der Waals surface area contributed by atoms with E-state index >= 15 is 0 Å². The topological polar surface area (TPSA) is 0 Å². The summed E-state index contributed by atoms with van der Waals surface area (Å²) in [5.74, 6) is 0. The van der Waals surface area contributed by atoms with Gasteiger partial charge in [-0.25, -0.2) is 0 Å². The van der Waals surface area contributed by atoms with Crippen LogP contribution < -0.4 is 0 Å². The van der Waals surface area contributed by atoms with Crippen molar-refractivity contribution in [3.63, 3.8) is 0 Å². The Morgan fingerprint density at radius 3 is 2.33 bits per heavy atom. The molecule has 0 aliphatic rings. The van der Waals surface area contributed by atoms with Gasteiger partial charge in [-0.3, -0.25) is 0 Å². The first kappa shape index (κ1) is 14.9. The molecular formula is C18H13BrCl2. The molecule has 0 aromatic heterocycles. The van der Waals surface area contributed by atoms with Crippen LogP contribution in [0.1, 0.15) is 22.1 Å². The van der Waals surface area contributed by atoms with Crippen molar-refractivity contribution in [2.45, 2.75) is 12.3 Å². The molecule has 0 radical (unpaired) electrons. The van der Waals surface area contributed by atoms with Gasteiger partial charge in [-0.05, 0) is 56.4 Å². The highest BCUT2D eigenvalue weighted by Gasteiger charge is 2.18. The lowest BCUT2D eigenvalue weighted by Gasteiger charge is -2.16. The third-order valence-electron chi connectivity index (χ3n) is 3.70. The molecule has 0 saturated heterocycles. The zero-order valence-electron chi connectivity index (χ0n) is 11.4. The number of hydrogen-bond acceptors (Lipinski definition) is 0. The summed E-state index contributed by atoms with van der Waals surface area (Å²) < 4.78 is 0.865. The number of benzene rings is 3. The number of halogens is 3. The zero-order valence-corrected chi connectivity index (χ0v) is 14.5. The van der Waals surface area contributed by atoms with Crippen molar-refractivity contribution < 1.29 is 0 Å². The molecule has 0 saturated carbocycles. The molecule has 21 heavy (non-hydrogen) atoms. The van der Waals surface area contributed by atoms with E-state index < -0.39 is 0 Å². The smallest absolute Gasteiger partial charge is 0.0856 e. The van der Waals surface area contributed by atoms with Gasteiger partial charge in [0.25, 0.3) is 0 Å². The lowest BCUT2D eigenvalue weighted by atomic mass is 9.95. The lowest BCUT2D eigenvalue weighted by Crippen LogP contribution is -1.97. The summed E-state index contributed by atoms with van der Waals surface area (Å²) in [7, 11) is 0. The Morgan fingerprint density at radius 1 is 0.857 bits per heavy atom. The summed E-state index contributed by atoms with van der Waals surface area (Å²) in [6.45, 7) is 2.11. The third kappa shape index (κ3) is 2.70. The van der Waals surface area contributed by atoms with Crippen LogP contribution in [0.15, 0.2) is 59.1 Å². The van der Waals surface area contributed by atoms with Gasteiger partial charge in [0.2, 0.25) is 0 Å². The fourth-order valence-corrected chi connectivity index (χ4v) is 3.62. The zero-order chi connectivity index (χ0) is 15.0. The van der Waals surface area contributed by atoms with Crippen molar-refractivity contribution in [3.05, 3.63) is 80.8 Å². The van der Waals surface area contributed by atoms with Gasteiger partial charge in [-0.1, -0.05) is 60.1 Å². The quantitative estimate of drug-likeness (QED) is 0.425. The molecular weight excluding hydrogens is 367 g/mol. The van der Waals surface area contributed by atoms with Crippen LogP contribution in [-0.4, -0.2) is 0 Å². The first-order valence-corrected chi connectivity index (χ1v) is 8.26. The van der Waals surface area contributed by atoms with Gasteiger partial charge >= 0.3 is 0 Å². The Morgan fingerprint density at radius 2 is 1.57 bits per heavy atom. The van der Waals surface area contributed by atoms with E-state index in [0.717, 1.165) is 15.6 Å². The van der Waals surface area contributed by atoms with Crippen LogP contribution in [0, 0.1) is 6.92 Å². The van der Waals surface area contributed by atoms with Crippen molar-refractivity contribution in [3.8, 4) is 0 Å². The second-order valence-corrected chi connectivity index (χ2v) is 6.69. The molecule has 0 nitrogen and oxygen atoms in total. The Bertz CT molecular complexity index is 811. The van der Waals surface area contributed by atoms with E-state index in [0.29, 0.717) is 5.02 Å². The summed E-state index contributed by atoms with van der Waals surface area (Å²) in [6, 6.07) is 18.4. The minimum Gasteiger partial charge on any atom is -0.113 e. The SMILES string of the molecule is Cc1ccc(C(Cl)c2cccc(Br)c2Cl)c2ccccc12. The number of hydrogen-bond donors (Lipinski definition) is 0. The Balaban J connectivity index is 2.21. The van der Waals surface area contributed by atoms with Crippen LogP contribution in [-0.2, 0) is 0 Å². The van der Waals surface area contributed by atoms with Gasteiger partial charge in [0.05, 0.1) is 10.4 Å². The van der Waals surface area contributed by atoms with E-state index in [9.17, 15) is 0 Å². The van der Waals surface area contributed by atoms with Gasteiger partial charge in [0, 0.05) is 4.47 Å². The molecule has 3 rings (SSSR count). The van der Waals surface area contributed by atoms with Crippen LogP contribution in [0.5, 0.6) is 0 Å². The summed E-state index contributed by atoms with van der Waals surface area (Å²) in [4.78, 5) is 0. The summed E-state index contributed by atoms with van der Waals surface area (Å²) >= 11 is 16.6. The Labute approximate surface area is 142 Å². The van der Waals surface area contributed by atoms with Gasteiger partial charge in [-0.2, -0.15) is 0 Å². The van der Waals surface area contributed by atoms with E-state index in [1.54, 1.807) is 0 Å². The molecule has 106 valence electrons. The van der Waals surface area contributed by atoms with Crippen LogP contribution in [0.25, 0.3) is 10.8 Å². The first-order chi connectivity index (χ1) is 10.1. The molecule has 0 bridgehead atoms.